The van der Waals surface area contributed by atoms with Gasteiger partial charge in [0.2, 0.25) is 11.8 Å². The van der Waals surface area contributed by atoms with Gasteiger partial charge in [0.05, 0.1) is 5.60 Å². The van der Waals surface area contributed by atoms with Crippen molar-refractivity contribution in [3.63, 3.8) is 0 Å². The molecule has 1 aromatic rings. The number of hydrogen-bond acceptors (Lipinski definition) is 4. The van der Waals surface area contributed by atoms with Crippen molar-refractivity contribution >= 4 is 11.8 Å². The highest BCUT2D eigenvalue weighted by Crippen LogP contribution is 2.26. The van der Waals surface area contributed by atoms with Crippen LogP contribution in [0.25, 0.3) is 0 Å². The van der Waals surface area contributed by atoms with E-state index in [1.165, 1.54) is 0 Å². The number of carbonyl (C=O) groups is 2. The van der Waals surface area contributed by atoms with E-state index in [9.17, 15) is 14.7 Å². The number of aryl methyl sites for hydroxylation is 1. The van der Waals surface area contributed by atoms with Crippen molar-refractivity contribution in [2.45, 2.75) is 51.2 Å². The summed E-state index contributed by atoms with van der Waals surface area (Å²) in [7, 11) is 1.58. The highest BCUT2D eigenvalue weighted by molar-refractivity contribution is 5.76. The molecule has 7 nitrogen and oxygen atoms in total. The monoisotopic (exact) mass is 322 g/mol. The summed E-state index contributed by atoms with van der Waals surface area (Å²) in [6, 6.07) is 0. The number of carbonyl (C=O) groups excluding carboxylic acids is 2. The fraction of sp³-hybridized carbons (Fsp3) is 0.688. The lowest BCUT2D eigenvalue weighted by Crippen LogP contribution is -2.51. The van der Waals surface area contributed by atoms with Crippen LogP contribution in [-0.2, 0) is 22.6 Å². The van der Waals surface area contributed by atoms with Gasteiger partial charge in [-0.1, -0.05) is 6.92 Å². The SMILES string of the molecule is CCc1nccn1CC(=O)N1CCC[C@](O)(CCC(=O)NC)C1. The van der Waals surface area contributed by atoms with Gasteiger partial charge in [0, 0.05) is 45.4 Å². The second-order valence-corrected chi connectivity index (χ2v) is 6.14. The molecule has 2 rings (SSSR count). The van der Waals surface area contributed by atoms with E-state index in [0.29, 0.717) is 25.9 Å². The van der Waals surface area contributed by atoms with Gasteiger partial charge in [-0.3, -0.25) is 9.59 Å². The lowest BCUT2D eigenvalue weighted by Gasteiger charge is -2.39. The Bertz CT molecular complexity index is 557. The molecule has 128 valence electrons. The number of β-amino-alcohol motifs (C(OH)–C–C–N with tert-alkyl or cyclic N) is 1. The Hall–Kier alpha value is -1.89. The zero-order valence-corrected chi connectivity index (χ0v) is 13.9. The molecule has 1 atom stereocenters. The molecule has 1 saturated heterocycles. The molecule has 2 N–H and O–H groups in total. The Kier molecular flexibility index (Phi) is 5.76. The van der Waals surface area contributed by atoms with Gasteiger partial charge in [0.1, 0.15) is 12.4 Å². The number of likely N-dealkylation sites (tertiary alicyclic amines) is 1. The number of hydrogen-bond donors (Lipinski definition) is 2. The van der Waals surface area contributed by atoms with Crippen molar-refractivity contribution in [1.82, 2.24) is 19.8 Å². The molecule has 1 aromatic heterocycles. The van der Waals surface area contributed by atoms with E-state index in [1.54, 1.807) is 24.3 Å². The van der Waals surface area contributed by atoms with Crippen molar-refractivity contribution < 1.29 is 14.7 Å². The number of nitrogens with one attached hydrogen (secondary N) is 1. The van der Waals surface area contributed by atoms with Gasteiger partial charge in [-0.05, 0) is 19.3 Å². The van der Waals surface area contributed by atoms with E-state index in [4.69, 9.17) is 0 Å². The second kappa shape index (κ2) is 7.59. The molecule has 0 aliphatic carbocycles. The number of aliphatic hydroxyl groups is 1. The highest BCUT2D eigenvalue weighted by Gasteiger charge is 2.35. The van der Waals surface area contributed by atoms with Gasteiger partial charge >= 0.3 is 0 Å². The Labute approximate surface area is 136 Å². The molecule has 0 saturated carbocycles. The Balaban J connectivity index is 1.94. The third kappa shape index (κ3) is 4.54. The first-order valence-electron chi connectivity index (χ1n) is 8.18. The molecule has 1 fully saturated rings. The predicted molar refractivity (Wildman–Crippen MR) is 85.7 cm³/mol. The van der Waals surface area contributed by atoms with Gasteiger partial charge in [0.15, 0.2) is 0 Å². The number of amides is 2. The first-order chi connectivity index (χ1) is 11.0. The van der Waals surface area contributed by atoms with Crippen molar-refractivity contribution in [2.75, 3.05) is 20.1 Å². The van der Waals surface area contributed by atoms with Crippen LogP contribution >= 0.6 is 0 Å². The van der Waals surface area contributed by atoms with E-state index in [-0.39, 0.29) is 24.8 Å². The van der Waals surface area contributed by atoms with E-state index < -0.39 is 5.60 Å². The highest BCUT2D eigenvalue weighted by atomic mass is 16.3. The first kappa shape index (κ1) is 17.5. The Morgan fingerprint density at radius 2 is 2.26 bits per heavy atom. The minimum Gasteiger partial charge on any atom is -0.388 e. The lowest BCUT2D eigenvalue weighted by molar-refractivity contribution is -0.139. The van der Waals surface area contributed by atoms with Crippen LogP contribution in [-0.4, -0.2) is 57.1 Å². The predicted octanol–water partition coefficient (Wildman–Crippen LogP) is 0.325. The van der Waals surface area contributed by atoms with Gasteiger partial charge in [0.25, 0.3) is 0 Å². The number of imidazole rings is 1. The zero-order valence-electron chi connectivity index (χ0n) is 13.9. The standard InChI is InChI=1S/C16H26N4O3/c1-3-13-18-8-10-19(13)11-15(22)20-9-4-6-16(23,12-20)7-5-14(21)17-2/h8,10,23H,3-7,9,11-12H2,1-2H3,(H,17,21)/t16-/m0/s1. The average molecular weight is 322 g/mol. The van der Waals surface area contributed by atoms with Crippen LogP contribution < -0.4 is 5.32 Å². The smallest absolute Gasteiger partial charge is 0.242 e. The van der Waals surface area contributed by atoms with E-state index in [1.807, 2.05) is 11.5 Å². The quantitative estimate of drug-likeness (QED) is 0.790. The summed E-state index contributed by atoms with van der Waals surface area (Å²) >= 11 is 0. The lowest BCUT2D eigenvalue weighted by atomic mass is 9.88. The topological polar surface area (TPSA) is 87.5 Å². The largest absolute Gasteiger partial charge is 0.388 e. The van der Waals surface area contributed by atoms with Crippen molar-refractivity contribution in [3.8, 4) is 0 Å². The first-order valence-corrected chi connectivity index (χ1v) is 8.18. The fourth-order valence-electron chi connectivity index (χ4n) is 3.04. The molecule has 0 unspecified atom stereocenters. The zero-order chi connectivity index (χ0) is 16.9. The summed E-state index contributed by atoms with van der Waals surface area (Å²) < 4.78 is 1.85. The fourth-order valence-corrected chi connectivity index (χ4v) is 3.04. The molecular formula is C16H26N4O3. The van der Waals surface area contributed by atoms with Crippen molar-refractivity contribution in [3.05, 3.63) is 18.2 Å². The molecular weight excluding hydrogens is 296 g/mol. The van der Waals surface area contributed by atoms with Gasteiger partial charge < -0.3 is 19.9 Å². The number of aromatic nitrogens is 2. The maximum absolute atomic E-state index is 12.5. The third-order valence-corrected chi connectivity index (χ3v) is 4.43. The normalized spacial score (nSPS) is 21.3. The van der Waals surface area contributed by atoms with E-state index in [2.05, 4.69) is 10.3 Å². The Morgan fingerprint density at radius 3 is 2.96 bits per heavy atom. The van der Waals surface area contributed by atoms with Gasteiger partial charge in [-0.2, -0.15) is 0 Å². The van der Waals surface area contributed by atoms with Crippen LogP contribution in [0.4, 0.5) is 0 Å². The number of rotatable bonds is 6. The van der Waals surface area contributed by atoms with Crippen LogP contribution in [0.15, 0.2) is 12.4 Å². The second-order valence-electron chi connectivity index (χ2n) is 6.14. The summed E-state index contributed by atoms with van der Waals surface area (Å²) in [6.07, 6.45) is 6.30. The summed E-state index contributed by atoms with van der Waals surface area (Å²) in [5.41, 5.74) is -0.969. The average Bonchev–Trinajstić information content (AvgIpc) is 2.99. The molecule has 1 aliphatic heterocycles. The number of nitrogens with zero attached hydrogens (tertiary/aromatic N) is 3. The minimum atomic E-state index is -0.969. The molecule has 0 aromatic carbocycles. The van der Waals surface area contributed by atoms with Crippen LogP contribution in [0.1, 0.15) is 38.4 Å². The molecule has 2 heterocycles. The van der Waals surface area contributed by atoms with Crippen LogP contribution in [0.5, 0.6) is 0 Å². The maximum atomic E-state index is 12.5. The van der Waals surface area contributed by atoms with Gasteiger partial charge in [-0.15, -0.1) is 0 Å². The molecule has 1 aliphatic rings. The molecule has 23 heavy (non-hydrogen) atoms. The van der Waals surface area contributed by atoms with Crippen molar-refractivity contribution in [2.24, 2.45) is 0 Å². The summed E-state index contributed by atoms with van der Waals surface area (Å²) in [4.78, 5) is 29.8. The summed E-state index contributed by atoms with van der Waals surface area (Å²) in [5, 5.41) is 13.2. The third-order valence-electron chi connectivity index (χ3n) is 4.43. The molecule has 0 bridgehead atoms. The van der Waals surface area contributed by atoms with E-state index in [0.717, 1.165) is 18.7 Å². The molecule has 2 amide bonds. The van der Waals surface area contributed by atoms with Gasteiger partial charge in [-0.25, -0.2) is 4.98 Å². The molecule has 0 spiro atoms. The maximum Gasteiger partial charge on any atom is 0.242 e. The summed E-state index contributed by atoms with van der Waals surface area (Å²) in [5.74, 6) is 0.772. The Morgan fingerprint density at radius 1 is 1.48 bits per heavy atom. The number of piperidine rings is 1. The molecule has 0 radical (unpaired) electrons. The van der Waals surface area contributed by atoms with E-state index >= 15 is 0 Å². The summed E-state index contributed by atoms with van der Waals surface area (Å²) in [6.45, 7) is 3.19. The minimum absolute atomic E-state index is 0.0178. The van der Waals surface area contributed by atoms with Crippen molar-refractivity contribution in [1.29, 1.82) is 0 Å². The molecule has 7 heteroatoms. The van der Waals surface area contributed by atoms with Crippen LogP contribution in [0.2, 0.25) is 0 Å². The van der Waals surface area contributed by atoms with Crippen LogP contribution in [0.3, 0.4) is 0 Å². The van der Waals surface area contributed by atoms with Crippen LogP contribution in [0, 0.1) is 0 Å².